The van der Waals surface area contributed by atoms with Crippen LogP contribution in [0.5, 0.6) is 5.75 Å². The lowest BCUT2D eigenvalue weighted by atomic mass is 9.99. The van der Waals surface area contributed by atoms with Gasteiger partial charge in [-0.15, -0.1) is 11.3 Å². The molecule has 1 atom stereocenters. The number of amides is 1. The average molecular weight is 424 g/mol. The molecule has 0 aliphatic carbocycles. The molecule has 0 saturated carbocycles. The van der Waals surface area contributed by atoms with E-state index in [1.165, 1.54) is 35.5 Å². The fraction of sp³-hybridized carbons (Fsp3) is 0.136. The van der Waals surface area contributed by atoms with Crippen molar-refractivity contribution in [1.29, 1.82) is 0 Å². The first-order valence-corrected chi connectivity index (χ1v) is 9.94. The number of aliphatic hydroxyl groups excluding tert-OH is 1. The van der Waals surface area contributed by atoms with E-state index in [0.29, 0.717) is 4.88 Å². The van der Waals surface area contributed by atoms with Gasteiger partial charge in [0.25, 0.3) is 11.7 Å². The Labute approximate surface area is 175 Å². The fourth-order valence-corrected chi connectivity index (χ4v) is 4.33. The molecule has 6 nitrogen and oxygen atoms in total. The minimum atomic E-state index is -0.832. The molecule has 1 aliphatic rings. The topological polar surface area (TPSA) is 79.7 Å². The summed E-state index contributed by atoms with van der Waals surface area (Å²) in [6.45, 7) is 0.137. The Balaban J connectivity index is 1.88. The molecule has 4 rings (SSSR count). The Kier molecular flexibility index (Phi) is 5.33. The lowest BCUT2D eigenvalue weighted by Crippen LogP contribution is -2.28. The zero-order valence-electron chi connectivity index (χ0n) is 15.9. The third-order valence-corrected chi connectivity index (χ3v) is 5.77. The number of aliphatic hydroxyl groups is 1. The van der Waals surface area contributed by atoms with Gasteiger partial charge in [-0.25, -0.2) is 4.39 Å². The molecule has 2 aromatic heterocycles. The number of aromatic nitrogens is 1. The Bertz CT molecular complexity index is 1130. The fourth-order valence-electron chi connectivity index (χ4n) is 3.48. The SMILES string of the molecule is COc1ccc(F)cc1/C(O)=C1\C(=O)C(=O)N(Cc2cccnc2)[C@H]1c1cccs1. The molecule has 1 amide bonds. The summed E-state index contributed by atoms with van der Waals surface area (Å²) >= 11 is 1.36. The molecule has 0 spiro atoms. The second-order valence-electron chi connectivity index (χ2n) is 6.65. The Hall–Kier alpha value is -3.52. The summed E-state index contributed by atoms with van der Waals surface area (Å²) in [6, 6.07) is 9.94. The largest absolute Gasteiger partial charge is 0.507 e. The average Bonchev–Trinajstić information content (AvgIpc) is 3.37. The number of pyridine rings is 1. The number of methoxy groups -OCH3 is 1. The quantitative estimate of drug-likeness (QED) is 0.382. The van der Waals surface area contributed by atoms with Crippen molar-refractivity contribution in [2.24, 2.45) is 0 Å². The van der Waals surface area contributed by atoms with Gasteiger partial charge in [-0.05, 0) is 41.3 Å². The van der Waals surface area contributed by atoms with Crippen LogP contribution >= 0.6 is 11.3 Å². The van der Waals surface area contributed by atoms with E-state index in [9.17, 15) is 19.1 Å². The van der Waals surface area contributed by atoms with E-state index in [1.54, 1.807) is 36.7 Å². The lowest BCUT2D eigenvalue weighted by Gasteiger charge is -2.24. The van der Waals surface area contributed by atoms with Crippen molar-refractivity contribution >= 4 is 28.8 Å². The van der Waals surface area contributed by atoms with Gasteiger partial charge in [-0.3, -0.25) is 14.6 Å². The number of nitrogens with zero attached hydrogens (tertiary/aromatic N) is 2. The van der Waals surface area contributed by atoms with Crippen LogP contribution in [0, 0.1) is 5.82 Å². The maximum absolute atomic E-state index is 13.9. The van der Waals surface area contributed by atoms with E-state index in [-0.39, 0.29) is 23.4 Å². The van der Waals surface area contributed by atoms with Crippen LogP contribution in [0.25, 0.3) is 5.76 Å². The van der Waals surface area contributed by atoms with E-state index in [1.807, 2.05) is 5.38 Å². The van der Waals surface area contributed by atoms with Crippen molar-refractivity contribution < 1.29 is 23.8 Å². The Morgan fingerprint density at radius 2 is 2.10 bits per heavy atom. The number of likely N-dealkylation sites (tertiary alicyclic amines) is 1. The third kappa shape index (κ3) is 3.46. The standard InChI is InChI=1S/C22H17FN2O4S/c1-29-16-7-6-14(23)10-15(16)20(26)18-19(17-5-3-9-30-17)25(22(28)21(18)27)12-13-4-2-8-24-11-13/h2-11,19,26H,12H2,1H3/b20-18+/t19-/m0/s1. The first-order chi connectivity index (χ1) is 14.5. The van der Waals surface area contributed by atoms with Gasteiger partial charge in [0.15, 0.2) is 0 Å². The molecule has 0 unspecified atom stereocenters. The van der Waals surface area contributed by atoms with E-state index < -0.39 is 29.3 Å². The molecule has 1 aliphatic heterocycles. The number of carbonyl (C=O) groups is 2. The van der Waals surface area contributed by atoms with Gasteiger partial charge >= 0.3 is 0 Å². The zero-order valence-corrected chi connectivity index (χ0v) is 16.7. The highest BCUT2D eigenvalue weighted by molar-refractivity contribution is 7.10. The molecule has 8 heteroatoms. The first kappa shape index (κ1) is 19.8. The molecule has 0 bridgehead atoms. The van der Waals surface area contributed by atoms with Crippen molar-refractivity contribution in [2.45, 2.75) is 12.6 Å². The van der Waals surface area contributed by atoms with Crippen LogP contribution in [0.1, 0.15) is 22.0 Å². The summed E-state index contributed by atoms with van der Waals surface area (Å²) in [6.07, 6.45) is 3.23. The Morgan fingerprint density at radius 1 is 1.27 bits per heavy atom. The number of thiophene rings is 1. The van der Waals surface area contributed by atoms with Crippen LogP contribution < -0.4 is 4.74 Å². The van der Waals surface area contributed by atoms with Crippen LogP contribution in [0.3, 0.4) is 0 Å². The predicted molar refractivity (Wildman–Crippen MR) is 109 cm³/mol. The van der Waals surface area contributed by atoms with Crippen LogP contribution in [0.2, 0.25) is 0 Å². The van der Waals surface area contributed by atoms with Gasteiger partial charge < -0.3 is 14.7 Å². The van der Waals surface area contributed by atoms with Gasteiger partial charge in [0.05, 0.1) is 24.3 Å². The summed E-state index contributed by atoms with van der Waals surface area (Å²) in [5, 5.41) is 12.8. The molecule has 1 aromatic carbocycles. The maximum atomic E-state index is 13.9. The normalized spacial score (nSPS) is 18.1. The highest BCUT2D eigenvalue weighted by Gasteiger charge is 2.46. The summed E-state index contributed by atoms with van der Waals surface area (Å²) in [7, 11) is 1.38. The molecular weight excluding hydrogens is 407 g/mol. The predicted octanol–water partition coefficient (Wildman–Crippen LogP) is 3.91. The van der Waals surface area contributed by atoms with E-state index in [0.717, 1.165) is 11.6 Å². The molecule has 1 fully saturated rings. The molecule has 30 heavy (non-hydrogen) atoms. The maximum Gasteiger partial charge on any atom is 0.295 e. The zero-order chi connectivity index (χ0) is 21.3. The van der Waals surface area contributed by atoms with Crippen molar-refractivity contribution in [3.63, 3.8) is 0 Å². The summed E-state index contributed by atoms with van der Waals surface area (Å²) in [5.41, 5.74) is 0.651. The molecular formula is C22H17FN2O4S. The molecule has 3 heterocycles. The second-order valence-corrected chi connectivity index (χ2v) is 7.63. The van der Waals surface area contributed by atoms with Crippen molar-refractivity contribution in [2.75, 3.05) is 7.11 Å². The number of hydrogen-bond acceptors (Lipinski definition) is 6. The Morgan fingerprint density at radius 3 is 2.77 bits per heavy atom. The van der Waals surface area contributed by atoms with E-state index in [4.69, 9.17) is 4.74 Å². The van der Waals surface area contributed by atoms with Crippen molar-refractivity contribution in [3.8, 4) is 5.75 Å². The highest BCUT2D eigenvalue weighted by Crippen LogP contribution is 2.43. The smallest absolute Gasteiger partial charge is 0.295 e. The monoisotopic (exact) mass is 424 g/mol. The summed E-state index contributed by atoms with van der Waals surface area (Å²) in [4.78, 5) is 32.0. The molecule has 0 radical (unpaired) electrons. The number of ether oxygens (including phenoxy) is 1. The molecule has 152 valence electrons. The van der Waals surface area contributed by atoms with Gasteiger partial charge in [-0.2, -0.15) is 0 Å². The van der Waals surface area contributed by atoms with Crippen LogP contribution in [0.15, 0.2) is 65.8 Å². The van der Waals surface area contributed by atoms with Gasteiger partial charge in [0, 0.05) is 23.8 Å². The van der Waals surface area contributed by atoms with Gasteiger partial charge in [0.2, 0.25) is 0 Å². The minimum absolute atomic E-state index is 0.0124. The number of halogens is 1. The number of Topliss-reactive ketones (excluding diaryl/α,β-unsaturated/α-hetero) is 1. The second kappa shape index (κ2) is 8.08. The highest BCUT2D eigenvalue weighted by atomic mass is 32.1. The lowest BCUT2D eigenvalue weighted by molar-refractivity contribution is -0.140. The van der Waals surface area contributed by atoms with Gasteiger partial charge in [0.1, 0.15) is 17.3 Å². The molecule has 1 saturated heterocycles. The molecule has 1 N–H and O–H groups in total. The van der Waals surface area contributed by atoms with E-state index in [2.05, 4.69) is 4.98 Å². The molecule has 3 aromatic rings. The summed E-state index contributed by atoms with van der Waals surface area (Å²) in [5.74, 6) is -2.46. The van der Waals surface area contributed by atoms with Crippen LogP contribution in [0.4, 0.5) is 4.39 Å². The number of hydrogen-bond donors (Lipinski definition) is 1. The van der Waals surface area contributed by atoms with Gasteiger partial charge in [-0.1, -0.05) is 12.1 Å². The number of benzene rings is 1. The van der Waals surface area contributed by atoms with Crippen molar-refractivity contribution in [3.05, 3.63) is 87.6 Å². The third-order valence-electron chi connectivity index (χ3n) is 4.84. The minimum Gasteiger partial charge on any atom is -0.507 e. The van der Waals surface area contributed by atoms with Crippen LogP contribution in [-0.2, 0) is 16.1 Å². The van der Waals surface area contributed by atoms with E-state index >= 15 is 0 Å². The first-order valence-electron chi connectivity index (χ1n) is 9.06. The number of carbonyl (C=O) groups excluding carboxylic acids is 2. The van der Waals surface area contributed by atoms with Crippen LogP contribution in [-0.4, -0.2) is 33.8 Å². The van der Waals surface area contributed by atoms with Crippen molar-refractivity contribution in [1.82, 2.24) is 9.88 Å². The summed E-state index contributed by atoms with van der Waals surface area (Å²) < 4.78 is 19.1. The number of ketones is 1. The number of rotatable bonds is 5.